The Balaban J connectivity index is 2.37. The second-order valence-electron chi connectivity index (χ2n) is 3.86. The number of hydrogen-bond donors (Lipinski definition) is 1. The molecule has 5 heteroatoms. The molecule has 1 fully saturated rings. The normalized spacial score (nSPS) is 20.1. The SMILES string of the molecule is CCc1nc(C2CCOC2)nc(NC)c1I. The van der Waals surface area contributed by atoms with Gasteiger partial charge in [-0.3, -0.25) is 0 Å². The third-order valence-electron chi connectivity index (χ3n) is 2.80. The van der Waals surface area contributed by atoms with Crippen LogP contribution in [0.2, 0.25) is 0 Å². The average molecular weight is 333 g/mol. The van der Waals surface area contributed by atoms with E-state index < -0.39 is 0 Å². The van der Waals surface area contributed by atoms with E-state index in [1.54, 1.807) is 0 Å². The molecule has 0 aliphatic carbocycles. The molecule has 2 rings (SSSR count). The maximum absolute atomic E-state index is 5.39. The summed E-state index contributed by atoms with van der Waals surface area (Å²) in [5.41, 5.74) is 1.13. The summed E-state index contributed by atoms with van der Waals surface area (Å²) in [5, 5.41) is 3.13. The maximum atomic E-state index is 5.39. The molecule has 0 bridgehead atoms. The molecule has 16 heavy (non-hydrogen) atoms. The van der Waals surface area contributed by atoms with Crippen molar-refractivity contribution in [2.75, 3.05) is 25.6 Å². The first-order chi connectivity index (χ1) is 7.76. The van der Waals surface area contributed by atoms with E-state index in [9.17, 15) is 0 Å². The molecule has 1 atom stereocenters. The van der Waals surface area contributed by atoms with E-state index in [-0.39, 0.29) is 0 Å². The molecule has 4 nitrogen and oxygen atoms in total. The molecule has 1 aromatic rings. The molecule has 1 N–H and O–H groups in total. The van der Waals surface area contributed by atoms with Crippen LogP contribution in [-0.4, -0.2) is 30.2 Å². The number of halogens is 1. The summed E-state index contributed by atoms with van der Waals surface area (Å²) in [7, 11) is 1.90. The summed E-state index contributed by atoms with van der Waals surface area (Å²) < 4.78 is 6.52. The van der Waals surface area contributed by atoms with Crippen LogP contribution in [0.5, 0.6) is 0 Å². The predicted octanol–water partition coefficient (Wildman–Crippen LogP) is 2.19. The highest BCUT2D eigenvalue weighted by molar-refractivity contribution is 14.1. The van der Waals surface area contributed by atoms with Crippen LogP contribution >= 0.6 is 22.6 Å². The van der Waals surface area contributed by atoms with E-state index in [0.29, 0.717) is 5.92 Å². The van der Waals surface area contributed by atoms with Crippen LogP contribution < -0.4 is 5.32 Å². The topological polar surface area (TPSA) is 47.0 Å². The Labute approximate surface area is 109 Å². The van der Waals surface area contributed by atoms with Gasteiger partial charge in [0, 0.05) is 19.6 Å². The van der Waals surface area contributed by atoms with Crippen molar-refractivity contribution >= 4 is 28.4 Å². The molecule has 1 unspecified atom stereocenters. The second-order valence-corrected chi connectivity index (χ2v) is 4.93. The highest BCUT2D eigenvalue weighted by Crippen LogP contribution is 2.26. The Morgan fingerprint density at radius 2 is 2.31 bits per heavy atom. The number of nitrogens with zero attached hydrogens (tertiary/aromatic N) is 2. The smallest absolute Gasteiger partial charge is 0.143 e. The number of ether oxygens (including phenoxy) is 1. The Bertz CT molecular complexity index is 352. The number of rotatable bonds is 3. The van der Waals surface area contributed by atoms with Gasteiger partial charge in [0.2, 0.25) is 0 Å². The average Bonchev–Trinajstić information content (AvgIpc) is 2.83. The highest BCUT2D eigenvalue weighted by atomic mass is 127. The number of aromatic nitrogens is 2. The summed E-state index contributed by atoms with van der Waals surface area (Å²) in [5.74, 6) is 2.24. The summed E-state index contributed by atoms with van der Waals surface area (Å²) in [6.45, 7) is 3.71. The quantitative estimate of drug-likeness (QED) is 0.862. The fraction of sp³-hybridized carbons (Fsp3) is 0.636. The molecule has 1 aliphatic rings. The lowest BCUT2D eigenvalue weighted by atomic mass is 10.1. The first-order valence-corrected chi connectivity index (χ1v) is 6.66. The molecular weight excluding hydrogens is 317 g/mol. The zero-order valence-electron chi connectivity index (χ0n) is 9.59. The van der Waals surface area contributed by atoms with Crippen LogP contribution in [0.3, 0.4) is 0 Å². The monoisotopic (exact) mass is 333 g/mol. The van der Waals surface area contributed by atoms with E-state index in [4.69, 9.17) is 4.74 Å². The van der Waals surface area contributed by atoms with E-state index in [2.05, 4.69) is 44.8 Å². The van der Waals surface area contributed by atoms with Gasteiger partial charge in [-0.25, -0.2) is 9.97 Å². The third-order valence-corrected chi connectivity index (χ3v) is 3.94. The number of aryl methyl sites for hydroxylation is 1. The first kappa shape index (κ1) is 12.0. The van der Waals surface area contributed by atoms with Gasteiger partial charge in [0.05, 0.1) is 15.9 Å². The molecule has 1 saturated heterocycles. The van der Waals surface area contributed by atoms with Gasteiger partial charge in [0.15, 0.2) is 0 Å². The summed E-state index contributed by atoms with van der Waals surface area (Å²) in [4.78, 5) is 9.21. The van der Waals surface area contributed by atoms with Crippen LogP contribution in [0.4, 0.5) is 5.82 Å². The second kappa shape index (κ2) is 5.27. The van der Waals surface area contributed by atoms with Gasteiger partial charge in [-0.2, -0.15) is 0 Å². The lowest BCUT2D eigenvalue weighted by Gasteiger charge is -2.12. The van der Waals surface area contributed by atoms with Crippen LogP contribution in [0.15, 0.2) is 0 Å². The number of anilines is 1. The maximum Gasteiger partial charge on any atom is 0.143 e. The van der Waals surface area contributed by atoms with Crippen LogP contribution in [0.25, 0.3) is 0 Å². The van der Waals surface area contributed by atoms with E-state index in [1.807, 2.05) is 7.05 Å². The molecule has 0 spiro atoms. The van der Waals surface area contributed by atoms with Crippen LogP contribution in [0, 0.1) is 3.57 Å². The van der Waals surface area contributed by atoms with Crippen molar-refractivity contribution in [2.45, 2.75) is 25.7 Å². The van der Waals surface area contributed by atoms with Gasteiger partial charge >= 0.3 is 0 Å². The van der Waals surface area contributed by atoms with Crippen molar-refractivity contribution in [3.63, 3.8) is 0 Å². The molecular formula is C11H16IN3O. The highest BCUT2D eigenvalue weighted by Gasteiger charge is 2.22. The molecule has 0 radical (unpaired) electrons. The largest absolute Gasteiger partial charge is 0.381 e. The predicted molar refractivity (Wildman–Crippen MR) is 71.9 cm³/mol. The number of hydrogen-bond acceptors (Lipinski definition) is 4. The minimum atomic E-state index is 0.370. The fourth-order valence-corrected chi connectivity index (χ4v) is 2.73. The van der Waals surface area contributed by atoms with E-state index in [1.165, 1.54) is 0 Å². The molecule has 2 heterocycles. The Hall–Kier alpha value is -0.430. The molecule has 1 aromatic heterocycles. The molecule has 1 aliphatic heterocycles. The zero-order valence-corrected chi connectivity index (χ0v) is 11.7. The van der Waals surface area contributed by atoms with Gasteiger partial charge in [-0.05, 0) is 35.4 Å². The summed E-state index contributed by atoms with van der Waals surface area (Å²) in [6, 6.07) is 0. The Morgan fingerprint density at radius 1 is 1.50 bits per heavy atom. The molecule has 0 amide bonds. The van der Waals surface area contributed by atoms with Crippen molar-refractivity contribution in [3.05, 3.63) is 15.1 Å². The fourth-order valence-electron chi connectivity index (χ4n) is 1.83. The van der Waals surface area contributed by atoms with Gasteiger partial charge in [0.25, 0.3) is 0 Å². The van der Waals surface area contributed by atoms with Gasteiger partial charge in [-0.1, -0.05) is 6.92 Å². The minimum Gasteiger partial charge on any atom is -0.381 e. The minimum absolute atomic E-state index is 0.370. The molecule has 0 saturated carbocycles. The number of nitrogens with one attached hydrogen (secondary N) is 1. The van der Waals surface area contributed by atoms with E-state index >= 15 is 0 Å². The van der Waals surface area contributed by atoms with Crippen LogP contribution in [0.1, 0.15) is 30.8 Å². The van der Waals surface area contributed by atoms with Crippen molar-refractivity contribution in [1.82, 2.24) is 9.97 Å². The molecule has 0 aromatic carbocycles. The van der Waals surface area contributed by atoms with Crippen molar-refractivity contribution < 1.29 is 4.74 Å². The zero-order chi connectivity index (χ0) is 11.5. The van der Waals surface area contributed by atoms with Gasteiger partial charge in [-0.15, -0.1) is 0 Å². The standard InChI is InChI=1S/C11H16IN3O/c1-3-8-9(12)11(13-2)15-10(14-8)7-4-5-16-6-7/h7H,3-6H2,1-2H3,(H,13,14,15). The van der Waals surface area contributed by atoms with Crippen LogP contribution in [-0.2, 0) is 11.2 Å². The Kier molecular flexibility index (Phi) is 3.96. The van der Waals surface area contributed by atoms with Crippen molar-refractivity contribution in [3.8, 4) is 0 Å². The summed E-state index contributed by atoms with van der Waals surface area (Å²) in [6.07, 6.45) is 1.98. The molecule has 88 valence electrons. The van der Waals surface area contributed by atoms with Gasteiger partial charge < -0.3 is 10.1 Å². The lowest BCUT2D eigenvalue weighted by molar-refractivity contribution is 0.193. The summed E-state index contributed by atoms with van der Waals surface area (Å²) >= 11 is 2.30. The lowest BCUT2D eigenvalue weighted by Crippen LogP contribution is -2.11. The van der Waals surface area contributed by atoms with Crippen molar-refractivity contribution in [1.29, 1.82) is 0 Å². The Morgan fingerprint density at radius 3 is 2.88 bits per heavy atom. The van der Waals surface area contributed by atoms with Crippen molar-refractivity contribution in [2.24, 2.45) is 0 Å². The first-order valence-electron chi connectivity index (χ1n) is 5.58. The third kappa shape index (κ3) is 2.29. The van der Waals surface area contributed by atoms with E-state index in [0.717, 1.165) is 47.0 Å². The van der Waals surface area contributed by atoms with Gasteiger partial charge in [0.1, 0.15) is 11.6 Å².